The maximum Gasteiger partial charge on any atom is 0.00650 e. The van der Waals surface area contributed by atoms with Crippen LogP contribution < -0.4 is 5.73 Å². The van der Waals surface area contributed by atoms with Crippen LogP contribution in [0.3, 0.4) is 0 Å². The summed E-state index contributed by atoms with van der Waals surface area (Å²) < 4.78 is 0. The molecule has 1 heteroatoms. The van der Waals surface area contributed by atoms with Crippen LogP contribution >= 0.6 is 0 Å². The molecule has 0 bridgehead atoms. The molecule has 0 saturated heterocycles. The van der Waals surface area contributed by atoms with E-state index in [0.29, 0.717) is 12.0 Å². The number of hydrogen-bond acceptors (Lipinski definition) is 1. The average Bonchev–Trinajstić information content (AvgIpc) is 2.26. The van der Waals surface area contributed by atoms with Crippen LogP contribution in [0.5, 0.6) is 0 Å². The van der Waals surface area contributed by atoms with Crippen LogP contribution in [-0.2, 0) is 12.8 Å². The van der Waals surface area contributed by atoms with Gasteiger partial charge in [-0.15, -0.1) is 0 Å². The zero-order valence-electron chi connectivity index (χ0n) is 10.2. The van der Waals surface area contributed by atoms with E-state index in [2.05, 4.69) is 45.0 Å². The number of nitrogens with two attached hydrogens (primary N) is 1. The highest BCUT2D eigenvalue weighted by atomic mass is 14.6. The number of aryl methyl sites for hydroxylation is 2. The third-order valence-corrected chi connectivity index (χ3v) is 3.05. The van der Waals surface area contributed by atoms with E-state index in [1.807, 2.05) is 0 Å². The van der Waals surface area contributed by atoms with Crippen molar-refractivity contribution in [2.75, 3.05) is 0 Å². The molecule has 0 amide bonds. The van der Waals surface area contributed by atoms with E-state index in [1.54, 1.807) is 0 Å². The van der Waals surface area contributed by atoms with Gasteiger partial charge in [-0.25, -0.2) is 0 Å². The topological polar surface area (TPSA) is 26.0 Å². The van der Waals surface area contributed by atoms with E-state index < -0.39 is 0 Å². The largest absolute Gasteiger partial charge is 0.327 e. The molecule has 2 N–H and O–H groups in total. The quantitative estimate of drug-likeness (QED) is 0.785. The van der Waals surface area contributed by atoms with Crippen LogP contribution in [0, 0.1) is 5.92 Å². The molecule has 1 unspecified atom stereocenters. The summed E-state index contributed by atoms with van der Waals surface area (Å²) in [6, 6.07) is 9.22. The molecule has 0 spiro atoms. The Hall–Kier alpha value is -0.820. The molecule has 1 aromatic rings. The lowest BCUT2D eigenvalue weighted by Crippen LogP contribution is -2.26. The van der Waals surface area contributed by atoms with Crippen molar-refractivity contribution in [2.45, 2.75) is 46.1 Å². The maximum atomic E-state index is 6.02. The van der Waals surface area contributed by atoms with Gasteiger partial charge < -0.3 is 5.73 Å². The van der Waals surface area contributed by atoms with Crippen LogP contribution in [0.4, 0.5) is 0 Å². The summed E-state index contributed by atoms with van der Waals surface area (Å²) >= 11 is 0. The Bertz CT molecular complexity index is 274. The minimum atomic E-state index is 0.329. The smallest absolute Gasteiger partial charge is 0.00650 e. The molecule has 1 nitrogen and oxygen atoms in total. The molecule has 0 fully saturated rings. The van der Waals surface area contributed by atoms with Crippen molar-refractivity contribution in [3.63, 3.8) is 0 Å². The van der Waals surface area contributed by atoms with Crippen molar-refractivity contribution in [1.82, 2.24) is 0 Å². The first-order valence-electron chi connectivity index (χ1n) is 5.97. The Morgan fingerprint density at radius 2 is 1.60 bits per heavy atom. The molecule has 15 heavy (non-hydrogen) atoms. The summed E-state index contributed by atoms with van der Waals surface area (Å²) in [5.41, 5.74) is 8.84. The summed E-state index contributed by atoms with van der Waals surface area (Å²) in [5.74, 6) is 0.583. The van der Waals surface area contributed by atoms with E-state index in [1.165, 1.54) is 11.1 Å². The molecular formula is C14H23N. The lowest BCUT2D eigenvalue weighted by Gasteiger charge is -2.15. The highest BCUT2D eigenvalue weighted by molar-refractivity contribution is 5.22. The normalized spacial score (nSPS) is 13.1. The maximum absolute atomic E-state index is 6.02. The lowest BCUT2D eigenvalue weighted by atomic mass is 9.97. The molecule has 84 valence electrons. The second-order valence-corrected chi connectivity index (χ2v) is 4.62. The van der Waals surface area contributed by atoms with Gasteiger partial charge in [0.05, 0.1) is 0 Å². The standard InChI is InChI=1S/C14H23N/c1-4-12-5-7-13(8-6-12)9-10-14(15)11(2)3/h5-8,11,14H,4,9-10,15H2,1-3H3. The molecule has 0 aliphatic rings. The molecule has 1 rings (SSSR count). The van der Waals surface area contributed by atoms with Crippen molar-refractivity contribution in [2.24, 2.45) is 11.7 Å². The van der Waals surface area contributed by atoms with Gasteiger partial charge in [-0.3, -0.25) is 0 Å². The van der Waals surface area contributed by atoms with Gasteiger partial charge in [0, 0.05) is 6.04 Å². The van der Waals surface area contributed by atoms with Crippen molar-refractivity contribution in [3.05, 3.63) is 35.4 Å². The van der Waals surface area contributed by atoms with Gasteiger partial charge >= 0.3 is 0 Å². The number of rotatable bonds is 5. The minimum absolute atomic E-state index is 0.329. The fraction of sp³-hybridized carbons (Fsp3) is 0.571. The molecule has 0 aliphatic heterocycles. The van der Waals surface area contributed by atoms with E-state index >= 15 is 0 Å². The fourth-order valence-corrected chi connectivity index (χ4v) is 1.61. The summed E-state index contributed by atoms with van der Waals surface area (Å²) in [4.78, 5) is 0. The molecular weight excluding hydrogens is 182 g/mol. The van der Waals surface area contributed by atoms with Gasteiger partial charge in [-0.1, -0.05) is 45.0 Å². The summed E-state index contributed by atoms with van der Waals surface area (Å²) in [6.07, 6.45) is 3.30. The van der Waals surface area contributed by atoms with Crippen molar-refractivity contribution < 1.29 is 0 Å². The Balaban J connectivity index is 2.44. The monoisotopic (exact) mass is 205 g/mol. The Kier molecular flexibility index (Phi) is 4.83. The predicted octanol–water partition coefficient (Wildman–Crippen LogP) is 3.16. The number of benzene rings is 1. The fourth-order valence-electron chi connectivity index (χ4n) is 1.61. The van der Waals surface area contributed by atoms with Crippen LogP contribution in [0.1, 0.15) is 38.3 Å². The van der Waals surface area contributed by atoms with Crippen LogP contribution in [0.15, 0.2) is 24.3 Å². The highest BCUT2D eigenvalue weighted by Gasteiger charge is 2.07. The summed E-state index contributed by atoms with van der Waals surface area (Å²) in [6.45, 7) is 6.55. The first-order valence-corrected chi connectivity index (χ1v) is 5.97. The summed E-state index contributed by atoms with van der Waals surface area (Å²) in [5, 5.41) is 0. The zero-order chi connectivity index (χ0) is 11.3. The molecule has 0 saturated carbocycles. The molecule has 0 aromatic heterocycles. The zero-order valence-corrected chi connectivity index (χ0v) is 10.2. The van der Waals surface area contributed by atoms with E-state index in [9.17, 15) is 0 Å². The second-order valence-electron chi connectivity index (χ2n) is 4.62. The Labute approximate surface area is 93.7 Å². The van der Waals surface area contributed by atoms with Gasteiger partial charge in [0.1, 0.15) is 0 Å². The molecule has 0 radical (unpaired) electrons. The second kappa shape index (κ2) is 5.92. The third kappa shape index (κ3) is 4.05. The van der Waals surface area contributed by atoms with E-state index in [-0.39, 0.29) is 0 Å². The van der Waals surface area contributed by atoms with Gasteiger partial charge in [0.15, 0.2) is 0 Å². The van der Waals surface area contributed by atoms with Crippen LogP contribution in [0.2, 0.25) is 0 Å². The Morgan fingerprint density at radius 3 is 2.07 bits per heavy atom. The first kappa shape index (κ1) is 12.3. The molecule has 0 aliphatic carbocycles. The Morgan fingerprint density at radius 1 is 1.07 bits per heavy atom. The van der Waals surface area contributed by atoms with Gasteiger partial charge in [-0.2, -0.15) is 0 Å². The predicted molar refractivity (Wildman–Crippen MR) is 67.0 cm³/mol. The van der Waals surface area contributed by atoms with Gasteiger partial charge in [0.25, 0.3) is 0 Å². The molecule has 0 heterocycles. The van der Waals surface area contributed by atoms with Crippen molar-refractivity contribution in [1.29, 1.82) is 0 Å². The van der Waals surface area contributed by atoms with E-state index in [0.717, 1.165) is 19.3 Å². The third-order valence-electron chi connectivity index (χ3n) is 3.05. The number of hydrogen-bond donors (Lipinski definition) is 1. The summed E-state index contributed by atoms with van der Waals surface area (Å²) in [7, 11) is 0. The highest BCUT2D eigenvalue weighted by Crippen LogP contribution is 2.10. The first-order chi connectivity index (χ1) is 7.13. The van der Waals surface area contributed by atoms with E-state index in [4.69, 9.17) is 5.73 Å². The SMILES string of the molecule is CCc1ccc(CCC(N)C(C)C)cc1. The van der Waals surface area contributed by atoms with Gasteiger partial charge in [0.2, 0.25) is 0 Å². The van der Waals surface area contributed by atoms with Crippen LogP contribution in [-0.4, -0.2) is 6.04 Å². The molecule has 1 atom stereocenters. The lowest BCUT2D eigenvalue weighted by molar-refractivity contribution is 0.464. The molecule has 1 aromatic carbocycles. The van der Waals surface area contributed by atoms with Crippen molar-refractivity contribution >= 4 is 0 Å². The van der Waals surface area contributed by atoms with Crippen molar-refractivity contribution in [3.8, 4) is 0 Å². The van der Waals surface area contributed by atoms with Crippen LogP contribution in [0.25, 0.3) is 0 Å². The van der Waals surface area contributed by atoms with Gasteiger partial charge in [-0.05, 0) is 36.3 Å². The average molecular weight is 205 g/mol. The minimum Gasteiger partial charge on any atom is -0.327 e.